The molecule has 2 heterocycles. The maximum Gasteiger partial charge on any atom is 0.191 e. The van der Waals surface area contributed by atoms with E-state index in [4.69, 9.17) is 0 Å². The third-order valence-corrected chi connectivity index (χ3v) is 4.96. The third kappa shape index (κ3) is 6.77. The molecule has 0 saturated carbocycles. The molecule has 0 radical (unpaired) electrons. The summed E-state index contributed by atoms with van der Waals surface area (Å²) in [5.41, 5.74) is 0. The van der Waals surface area contributed by atoms with E-state index in [1.165, 1.54) is 0 Å². The van der Waals surface area contributed by atoms with Crippen molar-refractivity contribution in [2.24, 2.45) is 10.9 Å². The Morgan fingerprint density at radius 1 is 1.36 bits per heavy atom. The highest BCUT2D eigenvalue weighted by Crippen LogP contribution is 2.18. The Morgan fingerprint density at radius 3 is 2.68 bits per heavy atom. The predicted octanol–water partition coefficient (Wildman–Crippen LogP) is 2.48. The van der Waals surface area contributed by atoms with Crippen LogP contribution in [-0.4, -0.2) is 59.2 Å². The second-order valence-corrected chi connectivity index (χ2v) is 7.15. The maximum atomic E-state index is 4.38. The van der Waals surface area contributed by atoms with Crippen LogP contribution >= 0.6 is 24.0 Å². The molecule has 2 atom stereocenters. The normalized spacial score (nSPS) is 21.4. The highest BCUT2D eigenvalue weighted by Gasteiger charge is 2.31. The summed E-state index contributed by atoms with van der Waals surface area (Å²) >= 11 is 0. The zero-order valence-electron chi connectivity index (χ0n) is 16.3. The first-order valence-electron chi connectivity index (χ1n) is 9.20. The van der Waals surface area contributed by atoms with Crippen LogP contribution < -0.4 is 10.6 Å². The number of halogens is 1. The maximum absolute atomic E-state index is 4.38. The fraction of sp³-hybridized carbons (Fsp3) is 0.778. The van der Waals surface area contributed by atoms with Crippen molar-refractivity contribution < 1.29 is 0 Å². The molecule has 0 bridgehead atoms. The van der Waals surface area contributed by atoms with Gasteiger partial charge in [-0.05, 0) is 39.5 Å². The Hall–Kier alpha value is -0.830. The van der Waals surface area contributed by atoms with Gasteiger partial charge in [-0.3, -0.25) is 9.89 Å². The molecule has 6 nitrogen and oxygen atoms in total. The number of hydrogen-bond acceptors (Lipinski definition) is 3. The van der Waals surface area contributed by atoms with Crippen molar-refractivity contribution in [1.82, 2.24) is 25.1 Å². The lowest BCUT2D eigenvalue weighted by Gasteiger charge is -2.22. The Kier molecular flexibility index (Phi) is 9.78. The standard InChI is InChI=1S/C18H34N6.HI/c1-14(2)24-12-15(3)17(13-24)22-18(19-5)21-8-6-7-10-23-11-9-20-16(23)4;/h9,11,14-15,17H,6-8,10,12-13H2,1-5H3,(H2,19,21,22);1H. The van der Waals surface area contributed by atoms with Crippen molar-refractivity contribution in [2.45, 2.75) is 59.2 Å². The molecular weight excluding hydrogens is 427 g/mol. The van der Waals surface area contributed by atoms with Crippen molar-refractivity contribution in [3.8, 4) is 0 Å². The van der Waals surface area contributed by atoms with E-state index in [2.05, 4.69) is 50.8 Å². The van der Waals surface area contributed by atoms with Crippen molar-refractivity contribution >= 4 is 29.9 Å². The molecule has 2 unspecified atom stereocenters. The van der Waals surface area contributed by atoms with Gasteiger partial charge >= 0.3 is 0 Å². The number of aromatic nitrogens is 2. The zero-order chi connectivity index (χ0) is 17.5. The molecule has 0 aliphatic carbocycles. The van der Waals surface area contributed by atoms with Crippen LogP contribution in [0.15, 0.2) is 17.4 Å². The Bertz CT molecular complexity index is 527. The van der Waals surface area contributed by atoms with Crippen LogP contribution in [0.1, 0.15) is 39.4 Å². The van der Waals surface area contributed by atoms with Crippen LogP contribution in [0.25, 0.3) is 0 Å². The minimum atomic E-state index is 0. The van der Waals surface area contributed by atoms with Gasteiger partial charge in [0, 0.05) is 57.7 Å². The molecule has 0 aromatic carbocycles. The van der Waals surface area contributed by atoms with Crippen LogP contribution in [0.3, 0.4) is 0 Å². The van der Waals surface area contributed by atoms with E-state index in [-0.39, 0.29) is 24.0 Å². The van der Waals surface area contributed by atoms with E-state index in [1.54, 1.807) is 0 Å². The predicted molar refractivity (Wildman–Crippen MR) is 116 cm³/mol. The van der Waals surface area contributed by atoms with Gasteiger partial charge in [-0.15, -0.1) is 24.0 Å². The van der Waals surface area contributed by atoms with Gasteiger partial charge < -0.3 is 15.2 Å². The van der Waals surface area contributed by atoms with Crippen molar-refractivity contribution in [2.75, 3.05) is 26.7 Å². The topological polar surface area (TPSA) is 57.5 Å². The summed E-state index contributed by atoms with van der Waals surface area (Å²) in [4.78, 5) is 11.2. The molecule has 25 heavy (non-hydrogen) atoms. The summed E-state index contributed by atoms with van der Waals surface area (Å²) in [6.07, 6.45) is 6.17. The number of aliphatic imine (C=N–C) groups is 1. The van der Waals surface area contributed by atoms with Gasteiger partial charge in [0.05, 0.1) is 0 Å². The van der Waals surface area contributed by atoms with Gasteiger partial charge in [0.1, 0.15) is 5.82 Å². The fourth-order valence-corrected chi connectivity index (χ4v) is 3.24. The molecule has 0 spiro atoms. The smallest absolute Gasteiger partial charge is 0.191 e. The van der Waals surface area contributed by atoms with E-state index in [9.17, 15) is 0 Å². The molecule has 2 rings (SSSR count). The van der Waals surface area contributed by atoms with Crippen molar-refractivity contribution in [3.63, 3.8) is 0 Å². The van der Waals surface area contributed by atoms with E-state index in [1.807, 2.05) is 26.4 Å². The molecule has 1 aromatic heterocycles. The number of rotatable bonds is 7. The number of unbranched alkanes of at least 4 members (excludes halogenated alkanes) is 1. The quantitative estimate of drug-likeness (QED) is 0.283. The van der Waals surface area contributed by atoms with Gasteiger partial charge in [0.15, 0.2) is 5.96 Å². The third-order valence-electron chi connectivity index (χ3n) is 4.96. The highest BCUT2D eigenvalue weighted by atomic mass is 127. The van der Waals surface area contributed by atoms with Crippen molar-refractivity contribution in [3.05, 3.63) is 18.2 Å². The van der Waals surface area contributed by atoms with E-state index < -0.39 is 0 Å². The summed E-state index contributed by atoms with van der Waals surface area (Å²) in [6.45, 7) is 13.1. The summed E-state index contributed by atoms with van der Waals surface area (Å²) in [6, 6.07) is 1.09. The Balaban J connectivity index is 0.00000312. The van der Waals surface area contributed by atoms with E-state index in [0.717, 1.165) is 50.8 Å². The second kappa shape index (κ2) is 11.0. The molecule has 0 amide bonds. The van der Waals surface area contributed by atoms with Gasteiger partial charge in [0.2, 0.25) is 0 Å². The fourth-order valence-electron chi connectivity index (χ4n) is 3.24. The number of aryl methyl sites for hydroxylation is 2. The number of hydrogen-bond donors (Lipinski definition) is 2. The first-order chi connectivity index (χ1) is 11.5. The SMILES string of the molecule is CN=C(NCCCCn1ccnc1C)NC1CN(C(C)C)CC1C.I. The minimum Gasteiger partial charge on any atom is -0.356 e. The first-order valence-corrected chi connectivity index (χ1v) is 9.20. The lowest BCUT2D eigenvalue weighted by molar-refractivity contribution is 0.265. The van der Waals surface area contributed by atoms with E-state index in [0.29, 0.717) is 18.0 Å². The Morgan fingerprint density at radius 2 is 2.12 bits per heavy atom. The number of nitrogens with one attached hydrogen (secondary N) is 2. The molecule has 1 saturated heterocycles. The number of guanidine groups is 1. The first kappa shape index (κ1) is 22.2. The molecule has 1 fully saturated rings. The van der Waals surface area contributed by atoms with Crippen LogP contribution in [0, 0.1) is 12.8 Å². The zero-order valence-corrected chi connectivity index (χ0v) is 18.7. The number of nitrogens with zero attached hydrogens (tertiary/aromatic N) is 4. The molecule has 1 aromatic rings. The lowest BCUT2D eigenvalue weighted by Crippen LogP contribution is -2.47. The molecule has 1 aliphatic rings. The van der Waals surface area contributed by atoms with Crippen LogP contribution in [-0.2, 0) is 6.54 Å². The number of likely N-dealkylation sites (tertiary alicyclic amines) is 1. The van der Waals surface area contributed by atoms with Gasteiger partial charge in [0.25, 0.3) is 0 Å². The second-order valence-electron chi connectivity index (χ2n) is 7.15. The largest absolute Gasteiger partial charge is 0.356 e. The van der Waals surface area contributed by atoms with Crippen LogP contribution in [0.2, 0.25) is 0 Å². The lowest BCUT2D eigenvalue weighted by atomic mass is 10.1. The monoisotopic (exact) mass is 462 g/mol. The average Bonchev–Trinajstić information content (AvgIpc) is 3.12. The van der Waals surface area contributed by atoms with Crippen LogP contribution in [0.4, 0.5) is 0 Å². The molecule has 1 aliphatic heterocycles. The van der Waals surface area contributed by atoms with Crippen LogP contribution in [0.5, 0.6) is 0 Å². The van der Waals surface area contributed by atoms with Crippen molar-refractivity contribution in [1.29, 1.82) is 0 Å². The van der Waals surface area contributed by atoms with Gasteiger partial charge in [-0.2, -0.15) is 0 Å². The van der Waals surface area contributed by atoms with E-state index >= 15 is 0 Å². The minimum absolute atomic E-state index is 0. The summed E-state index contributed by atoms with van der Waals surface area (Å²) in [5, 5.41) is 7.05. The Labute approximate surface area is 169 Å². The average molecular weight is 462 g/mol. The van der Waals surface area contributed by atoms with Gasteiger partial charge in [-0.25, -0.2) is 4.98 Å². The van der Waals surface area contributed by atoms with Gasteiger partial charge in [-0.1, -0.05) is 6.92 Å². The molecule has 7 heteroatoms. The summed E-state index contributed by atoms with van der Waals surface area (Å²) < 4.78 is 2.20. The molecule has 2 N–H and O–H groups in total. The summed E-state index contributed by atoms with van der Waals surface area (Å²) in [7, 11) is 1.85. The number of imidazole rings is 1. The molecule has 144 valence electrons. The molecular formula is C18H35IN6. The highest BCUT2D eigenvalue weighted by molar-refractivity contribution is 14.0. The summed E-state index contributed by atoms with van der Waals surface area (Å²) in [5.74, 6) is 2.66.